The van der Waals surface area contributed by atoms with Gasteiger partial charge in [-0.15, -0.1) is 0 Å². The molecule has 0 fully saturated rings. The first-order valence-corrected chi connectivity index (χ1v) is 4.53. The molecule has 0 aliphatic rings. The normalized spacial score (nSPS) is 16.3. The monoisotopic (exact) mass is 204 g/mol. The van der Waals surface area contributed by atoms with Crippen molar-refractivity contribution in [2.24, 2.45) is 0 Å². The zero-order chi connectivity index (χ0) is 9.07. The van der Waals surface area contributed by atoms with Crippen LogP contribution in [0.4, 0.5) is 8.78 Å². The Hall–Kier alpha value is -0.160. The summed E-state index contributed by atoms with van der Waals surface area (Å²) in [7, 11) is -0.457. The second-order valence-electron chi connectivity index (χ2n) is 1.68. The second-order valence-corrected chi connectivity index (χ2v) is 3.39. The van der Waals surface area contributed by atoms with Crippen molar-refractivity contribution >= 4 is 22.4 Å². The molecule has 1 atom stereocenters. The summed E-state index contributed by atoms with van der Waals surface area (Å²) >= 11 is 4.58. The molecular weight excluding hydrogens is 198 g/mol. The molecule has 2 nitrogen and oxygen atoms in total. The molecule has 1 unspecified atom stereocenters. The first-order chi connectivity index (χ1) is 4.88. The van der Waals surface area contributed by atoms with Gasteiger partial charge in [-0.05, 0) is 11.6 Å². The summed E-state index contributed by atoms with van der Waals surface area (Å²) in [6, 6.07) is 0. The van der Waals surface area contributed by atoms with Gasteiger partial charge in [-0.25, -0.2) is 0 Å². The average molecular weight is 205 g/mol. The van der Waals surface area contributed by atoms with Crippen LogP contribution in [0.15, 0.2) is 11.2 Å². The maximum Gasteiger partial charge on any atom is 0.379 e. The maximum absolute atomic E-state index is 12.2. The second kappa shape index (κ2) is 4.01. The molecule has 0 rings (SSSR count). The number of allylic oxidation sites excluding steroid dienone is 1. The lowest BCUT2D eigenvalue weighted by molar-refractivity contribution is 0.0672. The molecule has 0 aromatic heterocycles. The lowest BCUT2D eigenvalue weighted by Crippen LogP contribution is -2.12. The number of alkyl halides is 3. The van der Waals surface area contributed by atoms with E-state index in [0.717, 1.165) is 12.5 Å². The number of methoxy groups -OCH3 is 1. The molecule has 0 heterocycles. The molecule has 0 amide bonds. The highest BCUT2D eigenvalue weighted by Gasteiger charge is 2.32. The van der Waals surface area contributed by atoms with Crippen LogP contribution in [0.2, 0.25) is 0 Å². The lowest BCUT2D eigenvalue weighted by Gasteiger charge is -2.09. The number of hydrogen-bond donors (Lipinski definition) is 0. The number of halogens is 3. The van der Waals surface area contributed by atoms with Gasteiger partial charge in [-0.1, -0.05) is 0 Å². The minimum absolute atomic E-state index is 0.757. The van der Waals surface area contributed by atoms with E-state index in [-0.39, 0.29) is 0 Å². The lowest BCUT2D eigenvalue weighted by atomic mass is 10.6. The van der Waals surface area contributed by atoms with Crippen molar-refractivity contribution in [2.75, 3.05) is 13.4 Å². The van der Waals surface area contributed by atoms with Crippen molar-refractivity contribution in [1.29, 1.82) is 0 Å². The van der Waals surface area contributed by atoms with E-state index in [9.17, 15) is 13.0 Å². The van der Waals surface area contributed by atoms with Gasteiger partial charge >= 0.3 is 5.38 Å². The highest BCUT2D eigenvalue weighted by Crippen LogP contribution is 2.28. The summed E-state index contributed by atoms with van der Waals surface area (Å²) in [5.74, 6) is -0.792. The molecule has 0 saturated carbocycles. The van der Waals surface area contributed by atoms with Gasteiger partial charge in [0.25, 0.3) is 0 Å². The Labute approximate surface area is 70.6 Å². The highest BCUT2D eigenvalue weighted by molar-refractivity contribution is 7.87. The fraction of sp³-hybridized carbons (Fsp3) is 0.600. The zero-order valence-electron chi connectivity index (χ0n) is 5.94. The van der Waals surface area contributed by atoms with Gasteiger partial charge < -0.3 is 4.74 Å². The summed E-state index contributed by atoms with van der Waals surface area (Å²) in [4.78, 5) is 0. The van der Waals surface area contributed by atoms with Crippen LogP contribution in [0.5, 0.6) is 0 Å². The molecule has 0 aromatic carbocycles. The Morgan fingerprint density at radius 3 is 2.27 bits per heavy atom. The van der Waals surface area contributed by atoms with Gasteiger partial charge in [-0.2, -0.15) is 8.78 Å². The quantitative estimate of drug-likeness (QED) is 0.517. The molecule has 0 aliphatic carbocycles. The van der Waals surface area contributed by atoms with E-state index in [2.05, 4.69) is 16.3 Å². The topological polar surface area (TPSA) is 26.3 Å². The SMILES string of the molecule is CO/C(=C/S(C)=O)C(F)(F)Cl. The van der Waals surface area contributed by atoms with E-state index in [1.54, 1.807) is 0 Å². The van der Waals surface area contributed by atoms with Crippen LogP contribution in [-0.2, 0) is 15.5 Å². The van der Waals surface area contributed by atoms with E-state index >= 15 is 0 Å². The first-order valence-electron chi connectivity index (χ1n) is 2.53. The van der Waals surface area contributed by atoms with Crippen molar-refractivity contribution in [3.63, 3.8) is 0 Å². The van der Waals surface area contributed by atoms with Crippen LogP contribution in [-0.4, -0.2) is 23.0 Å². The van der Waals surface area contributed by atoms with E-state index in [0.29, 0.717) is 0 Å². The van der Waals surface area contributed by atoms with E-state index in [1.165, 1.54) is 6.26 Å². The van der Waals surface area contributed by atoms with Gasteiger partial charge in [0.15, 0.2) is 5.76 Å². The third-order valence-electron chi connectivity index (χ3n) is 0.772. The summed E-state index contributed by atoms with van der Waals surface area (Å²) in [5, 5.41) is -2.83. The Morgan fingerprint density at radius 2 is 2.18 bits per heavy atom. The molecule has 0 N–H and O–H groups in total. The smallest absolute Gasteiger partial charge is 0.379 e. The number of rotatable bonds is 3. The molecule has 0 bridgehead atoms. The van der Waals surface area contributed by atoms with Gasteiger partial charge in [-0.3, -0.25) is 4.21 Å². The van der Waals surface area contributed by atoms with Crippen molar-refractivity contribution in [3.8, 4) is 0 Å². The Kier molecular flexibility index (Phi) is 3.96. The van der Waals surface area contributed by atoms with Crippen molar-refractivity contribution < 1.29 is 17.7 Å². The Bertz CT molecular complexity index is 187. The van der Waals surface area contributed by atoms with Crippen molar-refractivity contribution in [2.45, 2.75) is 5.38 Å². The molecule has 66 valence electrons. The summed E-state index contributed by atoms with van der Waals surface area (Å²) in [5.41, 5.74) is 0. The standard InChI is InChI=1S/C5H7ClF2O2S/c1-10-4(3-11(2)9)5(6,7)8/h3H,1-2H3/b4-3+. The maximum atomic E-state index is 12.2. The van der Waals surface area contributed by atoms with Crippen LogP contribution in [0.25, 0.3) is 0 Å². The molecule has 0 aliphatic heterocycles. The van der Waals surface area contributed by atoms with Crippen molar-refractivity contribution in [3.05, 3.63) is 11.2 Å². The molecule has 11 heavy (non-hydrogen) atoms. The van der Waals surface area contributed by atoms with Crippen LogP contribution in [0.3, 0.4) is 0 Å². The summed E-state index contributed by atoms with van der Waals surface area (Å²) in [6.45, 7) is 0. The van der Waals surface area contributed by atoms with Crippen LogP contribution >= 0.6 is 11.6 Å². The van der Waals surface area contributed by atoms with Gasteiger partial charge in [0.1, 0.15) is 0 Å². The predicted octanol–water partition coefficient (Wildman–Crippen LogP) is 1.68. The largest absolute Gasteiger partial charge is 0.493 e. The summed E-state index contributed by atoms with van der Waals surface area (Å²) < 4.78 is 39.0. The minimum atomic E-state index is -3.58. The Balaban J connectivity index is 4.54. The third-order valence-corrected chi connectivity index (χ3v) is 1.50. The fourth-order valence-corrected chi connectivity index (χ4v) is 1.12. The van der Waals surface area contributed by atoms with Gasteiger partial charge in [0.05, 0.1) is 7.11 Å². The summed E-state index contributed by atoms with van der Waals surface area (Å²) in [6.07, 6.45) is 1.24. The van der Waals surface area contributed by atoms with Crippen LogP contribution in [0.1, 0.15) is 0 Å². The average Bonchev–Trinajstić information content (AvgIpc) is 1.79. The predicted molar refractivity (Wildman–Crippen MR) is 40.0 cm³/mol. The Morgan fingerprint density at radius 1 is 1.73 bits per heavy atom. The molecular formula is C5H7ClF2O2S. The molecule has 0 radical (unpaired) electrons. The third kappa shape index (κ3) is 4.31. The number of ether oxygens (including phenoxy) is 1. The molecule has 6 heteroatoms. The molecule has 0 saturated heterocycles. The van der Waals surface area contributed by atoms with E-state index < -0.39 is 21.9 Å². The minimum Gasteiger partial charge on any atom is -0.493 e. The number of hydrogen-bond acceptors (Lipinski definition) is 2. The van der Waals surface area contributed by atoms with Crippen molar-refractivity contribution in [1.82, 2.24) is 0 Å². The fourth-order valence-electron chi connectivity index (χ4n) is 0.381. The highest BCUT2D eigenvalue weighted by atomic mass is 35.5. The van der Waals surface area contributed by atoms with Crippen LogP contribution < -0.4 is 0 Å². The molecule has 0 aromatic rings. The van der Waals surface area contributed by atoms with E-state index in [4.69, 9.17) is 0 Å². The first kappa shape index (κ1) is 10.8. The zero-order valence-corrected chi connectivity index (χ0v) is 7.51. The van der Waals surface area contributed by atoms with Crippen LogP contribution in [0, 0.1) is 0 Å². The van der Waals surface area contributed by atoms with E-state index in [1.807, 2.05) is 0 Å². The van der Waals surface area contributed by atoms with Gasteiger partial charge in [0, 0.05) is 22.5 Å². The molecule has 0 spiro atoms. The van der Waals surface area contributed by atoms with Gasteiger partial charge in [0.2, 0.25) is 0 Å².